The highest BCUT2D eigenvalue weighted by Gasteiger charge is 2.30. The molecule has 0 saturated carbocycles. The number of alkyl halides is 3. The van der Waals surface area contributed by atoms with Gasteiger partial charge in [0.05, 0.1) is 11.1 Å². The zero-order valence-electron chi connectivity index (χ0n) is 11.9. The Balaban J connectivity index is 1.95. The van der Waals surface area contributed by atoms with Gasteiger partial charge in [-0.15, -0.1) is 0 Å². The van der Waals surface area contributed by atoms with Gasteiger partial charge in [0.25, 0.3) is 5.91 Å². The van der Waals surface area contributed by atoms with Gasteiger partial charge in [-0.2, -0.15) is 13.2 Å². The van der Waals surface area contributed by atoms with Gasteiger partial charge in [-0.05, 0) is 58.5 Å². The number of hydrazine groups is 1. The van der Waals surface area contributed by atoms with E-state index >= 15 is 0 Å². The summed E-state index contributed by atoms with van der Waals surface area (Å²) in [5.74, 6) is -0.448. The summed E-state index contributed by atoms with van der Waals surface area (Å²) in [5.41, 5.74) is 4.53. The van der Waals surface area contributed by atoms with E-state index in [-0.39, 0.29) is 10.8 Å². The minimum Gasteiger partial charge on any atom is -0.331 e. The van der Waals surface area contributed by atoms with Gasteiger partial charge in [0.15, 0.2) is 5.11 Å². The highest BCUT2D eigenvalue weighted by atomic mass is 79.9. The minimum absolute atomic E-state index is 0.0465. The van der Waals surface area contributed by atoms with Crippen LogP contribution in [0.5, 0.6) is 0 Å². The standard InChI is InChI=1S/C15H11BrF3N3OS/c16-12-7-2-1-6-11(12)13(23)21-22-14(24)20-10-5-3-4-9(8-10)15(17,18)19/h1-8H,(H,21,23)(H2,20,22,24). The van der Waals surface area contributed by atoms with Crippen LogP contribution in [0.2, 0.25) is 0 Å². The summed E-state index contributed by atoms with van der Waals surface area (Å²) in [4.78, 5) is 12.0. The van der Waals surface area contributed by atoms with E-state index in [1.807, 2.05) is 0 Å². The molecule has 0 atom stereocenters. The molecule has 0 unspecified atom stereocenters. The van der Waals surface area contributed by atoms with Crippen molar-refractivity contribution in [2.75, 3.05) is 5.32 Å². The molecule has 0 aliphatic rings. The van der Waals surface area contributed by atoms with E-state index in [1.54, 1.807) is 24.3 Å². The van der Waals surface area contributed by atoms with Crippen molar-refractivity contribution in [1.82, 2.24) is 10.9 Å². The Morgan fingerprint density at radius 1 is 1.04 bits per heavy atom. The van der Waals surface area contributed by atoms with Crippen molar-refractivity contribution in [3.05, 3.63) is 64.1 Å². The van der Waals surface area contributed by atoms with Crippen LogP contribution in [0.1, 0.15) is 15.9 Å². The number of hydrogen-bond donors (Lipinski definition) is 3. The molecular weight excluding hydrogens is 407 g/mol. The largest absolute Gasteiger partial charge is 0.416 e. The van der Waals surface area contributed by atoms with Gasteiger partial charge >= 0.3 is 6.18 Å². The number of anilines is 1. The molecule has 0 aromatic heterocycles. The lowest BCUT2D eigenvalue weighted by Gasteiger charge is -2.13. The van der Waals surface area contributed by atoms with Gasteiger partial charge in [0, 0.05) is 10.2 Å². The van der Waals surface area contributed by atoms with Crippen molar-refractivity contribution in [1.29, 1.82) is 0 Å². The number of hydrogen-bond acceptors (Lipinski definition) is 2. The zero-order chi connectivity index (χ0) is 17.7. The second-order valence-electron chi connectivity index (χ2n) is 4.59. The molecule has 0 heterocycles. The Morgan fingerprint density at radius 2 is 1.75 bits per heavy atom. The molecule has 24 heavy (non-hydrogen) atoms. The molecule has 0 fully saturated rings. The highest BCUT2D eigenvalue weighted by Crippen LogP contribution is 2.30. The third-order valence-electron chi connectivity index (χ3n) is 2.86. The minimum atomic E-state index is -4.44. The van der Waals surface area contributed by atoms with Gasteiger partial charge in [0.2, 0.25) is 0 Å². The normalized spacial score (nSPS) is 10.8. The molecule has 1 amide bonds. The fraction of sp³-hybridized carbons (Fsp3) is 0.0667. The van der Waals surface area contributed by atoms with Gasteiger partial charge in [-0.25, -0.2) is 0 Å². The molecule has 2 aromatic rings. The molecule has 0 radical (unpaired) electrons. The average Bonchev–Trinajstić information content (AvgIpc) is 2.52. The molecule has 9 heteroatoms. The van der Waals surface area contributed by atoms with Crippen molar-refractivity contribution >= 4 is 44.9 Å². The summed E-state index contributed by atoms with van der Waals surface area (Å²) in [6, 6.07) is 11.3. The number of amides is 1. The van der Waals surface area contributed by atoms with Gasteiger partial charge in [0.1, 0.15) is 0 Å². The zero-order valence-corrected chi connectivity index (χ0v) is 14.3. The number of carbonyl (C=O) groups is 1. The van der Waals surface area contributed by atoms with Crippen molar-refractivity contribution in [3.63, 3.8) is 0 Å². The quantitative estimate of drug-likeness (QED) is 0.508. The van der Waals surface area contributed by atoms with E-state index in [1.165, 1.54) is 12.1 Å². The van der Waals surface area contributed by atoms with Gasteiger partial charge in [-0.1, -0.05) is 18.2 Å². The summed E-state index contributed by atoms with van der Waals surface area (Å²) >= 11 is 8.18. The maximum atomic E-state index is 12.6. The van der Waals surface area contributed by atoms with Crippen LogP contribution in [0.4, 0.5) is 18.9 Å². The molecular formula is C15H11BrF3N3OS. The average molecular weight is 418 g/mol. The third kappa shape index (κ3) is 4.93. The van der Waals surface area contributed by atoms with E-state index in [4.69, 9.17) is 12.2 Å². The van der Waals surface area contributed by atoms with Crippen LogP contribution in [0.25, 0.3) is 0 Å². The number of benzene rings is 2. The molecule has 0 spiro atoms. The van der Waals surface area contributed by atoms with Crippen molar-refractivity contribution in [2.24, 2.45) is 0 Å². The maximum absolute atomic E-state index is 12.6. The second kappa shape index (κ2) is 7.63. The van der Waals surface area contributed by atoms with Crippen LogP contribution < -0.4 is 16.2 Å². The molecule has 4 nitrogen and oxygen atoms in total. The highest BCUT2D eigenvalue weighted by molar-refractivity contribution is 9.10. The maximum Gasteiger partial charge on any atom is 0.416 e. The number of thiocarbonyl (C=S) groups is 1. The van der Waals surface area contributed by atoms with Crippen molar-refractivity contribution in [3.8, 4) is 0 Å². The summed E-state index contributed by atoms with van der Waals surface area (Å²) < 4.78 is 38.5. The summed E-state index contributed by atoms with van der Waals surface area (Å²) in [6.45, 7) is 0. The van der Waals surface area contributed by atoms with E-state index in [0.717, 1.165) is 12.1 Å². The summed E-state index contributed by atoms with van der Waals surface area (Å²) in [6.07, 6.45) is -4.44. The first-order valence-corrected chi connectivity index (χ1v) is 7.76. The molecule has 0 bridgehead atoms. The van der Waals surface area contributed by atoms with Crippen molar-refractivity contribution in [2.45, 2.75) is 6.18 Å². The Morgan fingerprint density at radius 3 is 2.42 bits per heavy atom. The van der Waals surface area contributed by atoms with E-state index in [2.05, 4.69) is 32.1 Å². The summed E-state index contributed by atoms with van der Waals surface area (Å²) in [7, 11) is 0. The Hall–Kier alpha value is -2.13. The Bertz CT molecular complexity index is 768. The first-order valence-electron chi connectivity index (χ1n) is 6.56. The SMILES string of the molecule is O=C(NNC(=S)Nc1cccc(C(F)(F)F)c1)c1ccccc1Br. The molecule has 2 aromatic carbocycles. The first-order chi connectivity index (χ1) is 11.3. The summed E-state index contributed by atoms with van der Waals surface area (Å²) in [5, 5.41) is 2.52. The van der Waals surface area contributed by atoms with Crippen LogP contribution in [0, 0.1) is 0 Å². The fourth-order valence-corrected chi connectivity index (χ4v) is 2.40. The van der Waals surface area contributed by atoms with Crippen LogP contribution in [-0.4, -0.2) is 11.0 Å². The third-order valence-corrected chi connectivity index (χ3v) is 3.75. The molecule has 0 aliphatic carbocycles. The lowest BCUT2D eigenvalue weighted by Crippen LogP contribution is -2.43. The number of nitrogens with one attached hydrogen (secondary N) is 3. The van der Waals surface area contributed by atoms with E-state index in [9.17, 15) is 18.0 Å². The van der Waals surface area contributed by atoms with Gasteiger partial charge in [-0.3, -0.25) is 15.6 Å². The smallest absolute Gasteiger partial charge is 0.331 e. The molecule has 0 aliphatic heterocycles. The van der Waals surface area contributed by atoms with Crippen LogP contribution in [0.15, 0.2) is 53.0 Å². The van der Waals surface area contributed by atoms with E-state index < -0.39 is 17.6 Å². The number of rotatable bonds is 2. The van der Waals surface area contributed by atoms with Crippen molar-refractivity contribution < 1.29 is 18.0 Å². The predicted octanol–water partition coefficient (Wildman–Crippen LogP) is 4.10. The molecule has 3 N–H and O–H groups in total. The lowest BCUT2D eigenvalue weighted by atomic mass is 10.2. The molecule has 0 saturated heterocycles. The van der Waals surface area contributed by atoms with Crippen LogP contribution in [-0.2, 0) is 6.18 Å². The van der Waals surface area contributed by atoms with Crippen LogP contribution >= 0.6 is 28.1 Å². The monoisotopic (exact) mass is 417 g/mol. The first kappa shape index (κ1) is 18.2. The lowest BCUT2D eigenvalue weighted by molar-refractivity contribution is -0.137. The Labute approximate surface area is 149 Å². The van der Waals surface area contributed by atoms with E-state index in [0.29, 0.717) is 10.0 Å². The van der Waals surface area contributed by atoms with Gasteiger partial charge < -0.3 is 5.32 Å². The fourth-order valence-electron chi connectivity index (χ4n) is 1.76. The second-order valence-corrected chi connectivity index (χ2v) is 5.85. The topological polar surface area (TPSA) is 53.2 Å². The Kier molecular flexibility index (Phi) is 5.79. The number of carbonyl (C=O) groups excluding carboxylic acids is 1. The molecule has 126 valence electrons. The number of halogens is 4. The predicted molar refractivity (Wildman–Crippen MR) is 92.4 cm³/mol. The van der Waals surface area contributed by atoms with Crippen LogP contribution in [0.3, 0.4) is 0 Å². The molecule has 2 rings (SSSR count).